The number of phenols is 2. The van der Waals surface area contributed by atoms with Gasteiger partial charge in [-0.15, -0.1) is 13.2 Å². The minimum Gasteiger partial charge on any atom is -0.508 e. The third kappa shape index (κ3) is 3.67. The highest BCUT2D eigenvalue weighted by molar-refractivity contribution is 7.85. The fourth-order valence-electron chi connectivity index (χ4n) is 3.26. The molecule has 142 valence electrons. The first kappa shape index (κ1) is 19.7. The average Bonchev–Trinajstić information content (AvgIpc) is 2.71. The van der Waals surface area contributed by atoms with Crippen LogP contribution in [0.25, 0.3) is 0 Å². The third-order valence-electron chi connectivity index (χ3n) is 4.70. The van der Waals surface area contributed by atoms with Crippen LogP contribution in [0.4, 0.5) is 0 Å². The zero-order chi connectivity index (χ0) is 20.1. The van der Waals surface area contributed by atoms with Gasteiger partial charge in [-0.3, -0.25) is 0 Å². The van der Waals surface area contributed by atoms with Crippen LogP contribution in [0, 0.1) is 0 Å². The summed E-state index contributed by atoms with van der Waals surface area (Å²) < 4.78 is 14.5. The summed E-state index contributed by atoms with van der Waals surface area (Å²) in [5.74, 6) is 0.308. The predicted octanol–water partition coefficient (Wildman–Crippen LogP) is 4.19. The Hall–Kier alpha value is -3.03. The van der Waals surface area contributed by atoms with Crippen molar-refractivity contribution in [1.29, 1.82) is 0 Å². The topological polar surface area (TPSA) is 57.5 Å². The van der Waals surface area contributed by atoms with Gasteiger partial charge in [0.2, 0.25) is 0 Å². The normalized spacial score (nSPS) is 11.1. The number of phenolic OH excluding ortho intramolecular Hbond substituents is 2. The fourth-order valence-corrected chi connectivity index (χ4v) is 5.99. The molecule has 0 radical (unpaired) electrons. The first-order chi connectivity index (χ1) is 13.5. The highest BCUT2D eigenvalue weighted by atomic mass is 31.2. The average molecular weight is 390 g/mol. The molecule has 28 heavy (non-hydrogen) atoms. The van der Waals surface area contributed by atoms with E-state index < -0.39 is 7.14 Å². The van der Waals surface area contributed by atoms with Crippen molar-refractivity contribution in [2.24, 2.45) is 0 Å². The van der Waals surface area contributed by atoms with Gasteiger partial charge in [-0.05, 0) is 60.4 Å². The third-order valence-corrected chi connectivity index (χ3v) is 7.74. The van der Waals surface area contributed by atoms with Crippen LogP contribution in [0.15, 0.2) is 92.0 Å². The standard InChI is InChI=1S/C24H23O3P/c1-3-8-18-16-21(12-14-23(18)25)28(27,20-10-6-5-7-11-20)22-13-15-24(26)19(17-22)9-4-2/h3-7,10-17,25-26H,1-2,8-9H2. The maximum absolute atomic E-state index is 14.5. The van der Waals surface area contributed by atoms with Crippen LogP contribution in [-0.4, -0.2) is 10.2 Å². The van der Waals surface area contributed by atoms with Crippen molar-refractivity contribution in [3.63, 3.8) is 0 Å². The van der Waals surface area contributed by atoms with Gasteiger partial charge in [-0.2, -0.15) is 0 Å². The highest BCUT2D eigenvalue weighted by Gasteiger charge is 2.30. The summed E-state index contributed by atoms with van der Waals surface area (Å²) in [6.07, 6.45) is 4.36. The molecule has 0 aliphatic rings. The van der Waals surface area contributed by atoms with E-state index in [-0.39, 0.29) is 11.5 Å². The van der Waals surface area contributed by atoms with Crippen LogP contribution < -0.4 is 15.9 Å². The molecule has 0 saturated carbocycles. The molecule has 0 amide bonds. The Balaban J connectivity index is 2.28. The summed E-state index contributed by atoms with van der Waals surface area (Å²) in [6, 6.07) is 19.4. The van der Waals surface area contributed by atoms with Crippen LogP contribution in [0.5, 0.6) is 11.5 Å². The van der Waals surface area contributed by atoms with Crippen LogP contribution in [0.3, 0.4) is 0 Å². The Morgan fingerprint density at radius 1 is 0.714 bits per heavy atom. The second-order valence-electron chi connectivity index (χ2n) is 6.56. The molecule has 0 bridgehead atoms. The lowest BCUT2D eigenvalue weighted by molar-refractivity contribution is 0.469. The largest absolute Gasteiger partial charge is 0.508 e. The minimum atomic E-state index is -3.21. The molecule has 0 spiro atoms. The van der Waals surface area contributed by atoms with Crippen molar-refractivity contribution >= 4 is 23.1 Å². The Labute approximate surface area is 165 Å². The molecule has 0 heterocycles. The summed E-state index contributed by atoms with van der Waals surface area (Å²) in [6.45, 7) is 7.46. The fraction of sp³-hybridized carbons (Fsp3) is 0.0833. The minimum absolute atomic E-state index is 0.154. The molecular formula is C24H23O3P. The Bertz CT molecular complexity index is 991. The summed E-state index contributed by atoms with van der Waals surface area (Å²) in [5, 5.41) is 22.2. The maximum atomic E-state index is 14.5. The second-order valence-corrected chi connectivity index (χ2v) is 9.32. The van der Waals surface area contributed by atoms with Gasteiger partial charge in [0.05, 0.1) is 0 Å². The van der Waals surface area contributed by atoms with Crippen molar-refractivity contribution in [3.05, 3.63) is 103 Å². The van der Waals surface area contributed by atoms with E-state index in [1.165, 1.54) is 0 Å². The summed E-state index contributed by atoms with van der Waals surface area (Å²) in [5.41, 5.74) is 1.35. The van der Waals surface area contributed by atoms with E-state index in [0.29, 0.717) is 39.9 Å². The van der Waals surface area contributed by atoms with E-state index in [4.69, 9.17) is 0 Å². The Morgan fingerprint density at radius 2 is 1.18 bits per heavy atom. The quantitative estimate of drug-likeness (QED) is 0.470. The lowest BCUT2D eigenvalue weighted by atomic mass is 10.1. The highest BCUT2D eigenvalue weighted by Crippen LogP contribution is 2.44. The van der Waals surface area contributed by atoms with Gasteiger partial charge < -0.3 is 14.8 Å². The van der Waals surface area contributed by atoms with Crippen LogP contribution in [0.1, 0.15) is 11.1 Å². The van der Waals surface area contributed by atoms with Gasteiger partial charge in [-0.1, -0.05) is 42.5 Å². The zero-order valence-corrected chi connectivity index (χ0v) is 16.5. The van der Waals surface area contributed by atoms with Gasteiger partial charge >= 0.3 is 0 Å². The zero-order valence-electron chi connectivity index (χ0n) is 15.6. The molecule has 3 aromatic carbocycles. The summed E-state index contributed by atoms with van der Waals surface area (Å²) >= 11 is 0. The molecule has 0 unspecified atom stereocenters. The van der Waals surface area contributed by atoms with Gasteiger partial charge in [-0.25, -0.2) is 0 Å². The van der Waals surface area contributed by atoms with Crippen LogP contribution in [0.2, 0.25) is 0 Å². The maximum Gasteiger partial charge on any atom is 0.171 e. The molecule has 0 saturated heterocycles. The summed E-state index contributed by atoms with van der Waals surface area (Å²) in [4.78, 5) is 0. The number of benzene rings is 3. The van der Waals surface area contributed by atoms with Crippen LogP contribution in [-0.2, 0) is 17.4 Å². The molecule has 4 heteroatoms. The van der Waals surface area contributed by atoms with E-state index in [9.17, 15) is 14.8 Å². The molecule has 3 rings (SSSR count). The number of hydrogen-bond donors (Lipinski definition) is 2. The van der Waals surface area contributed by atoms with E-state index in [2.05, 4.69) is 13.2 Å². The Kier molecular flexibility index (Phi) is 5.87. The smallest absolute Gasteiger partial charge is 0.171 e. The van der Waals surface area contributed by atoms with Crippen molar-refractivity contribution in [3.8, 4) is 11.5 Å². The number of allylic oxidation sites excluding steroid dienone is 2. The van der Waals surface area contributed by atoms with E-state index in [1.807, 2.05) is 30.3 Å². The molecule has 0 aliphatic carbocycles. The van der Waals surface area contributed by atoms with Gasteiger partial charge in [0, 0.05) is 15.9 Å². The second kappa shape index (κ2) is 8.33. The number of hydrogen-bond acceptors (Lipinski definition) is 3. The SMILES string of the molecule is C=CCc1cc(P(=O)(c2ccccc2)c2ccc(O)c(CC=C)c2)ccc1O. The lowest BCUT2D eigenvalue weighted by Crippen LogP contribution is -2.25. The number of aromatic hydroxyl groups is 2. The molecule has 0 aromatic heterocycles. The molecule has 0 fully saturated rings. The Morgan fingerprint density at radius 3 is 1.61 bits per heavy atom. The molecule has 2 N–H and O–H groups in total. The molecule has 3 nitrogen and oxygen atoms in total. The molecular weight excluding hydrogens is 367 g/mol. The van der Waals surface area contributed by atoms with Gasteiger partial charge in [0.25, 0.3) is 0 Å². The van der Waals surface area contributed by atoms with Crippen LogP contribution >= 0.6 is 7.14 Å². The van der Waals surface area contributed by atoms with Crippen molar-refractivity contribution in [1.82, 2.24) is 0 Å². The van der Waals surface area contributed by atoms with E-state index in [1.54, 1.807) is 48.6 Å². The predicted molar refractivity (Wildman–Crippen MR) is 117 cm³/mol. The molecule has 0 atom stereocenters. The van der Waals surface area contributed by atoms with Crippen molar-refractivity contribution < 1.29 is 14.8 Å². The molecule has 0 aliphatic heterocycles. The van der Waals surface area contributed by atoms with E-state index >= 15 is 0 Å². The monoisotopic (exact) mass is 390 g/mol. The summed E-state index contributed by atoms with van der Waals surface area (Å²) in [7, 11) is -3.21. The van der Waals surface area contributed by atoms with Crippen molar-refractivity contribution in [2.45, 2.75) is 12.8 Å². The van der Waals surface area contributed by atoms with Gasteiger partial charge in [0.1, 0.15) is 11.5 Å². The lowest BCUT2D eigenvalue weighted by Gasteiger charge is -2.22. The van der Waals surface area contributed by atoms with Gasteiger partial charge in [0.15, 0.2) is 7.14 Å². The number of rotatable bonds is 7. The first-order valence-corrected chi connectivity index (χ1v) is 10.7. The first-order valence-electron chi connectivity index (χ1n) is 9.03. The molecule has 3 aromatic rings. The van der Waals surface area contributed by atoms with Crippen molar-refractivity contribution in [2.75, 3.05) is 0 Å². The van der Waals surface area contributed by atoms with E-state index in [0.717, 1.165) is 0 Å².